The molecule has 1 N–H and O–H groups in total. The molecule has 0 saturated carbocycles. The molecular weight excluding hydrogens is 396 g/mol. The molecule has 0 fully saturated rings. The molecule has 8 nitrogen and oxygen atoms in total. The summed E-state index contributed by atoms with van der Waals surface area (Å²) in [6.07, 6.45) is 0. The van der Waals surface area contributed by atoms with Gasteiger partial charge in [0.25, 0.3) is 5.91 Å². The molecule has 1 aliphatic heterocycles. The maximum atomic E-state index is 13.7. The third-order valence-corrected chi connectivity index (χ3v) is 4.70. The van der Waals surface area contributed by atoms with Crippen molar-refractivity contribution in [1.82, 2.24) is 19.2 Å². The summed E-state index contributed by atoms with van der Waals surface area (Å²) in [5.41, 5.74) is -0.00727. The first-order chi connectivity index (χ1) is 14.4. The highest BCUT2D eigenvalue weighted by molar-refractivity contribution is 5.92. The second kappa shape index (κ2) is 7.90. The van der Waals surface area contributed by atoms with Crippen molar-refractivity contribution in [2.24, 2.45) is 0 Å². The van der Waals surface area contributed by atoms with E-state index in [1.165, 1.54) is 39.8 Å². The minimum absolute atomic E-state index is 0.0168. The maximum absolute atomic E-state index is 13.7. The molecule has 154 valence electrons. The largest absolute Gasteiger partial charge is 0.346 e. The normalized spacial score (nSPS) is 13.3. The summed E-state index contributed by atoms with van der Waals surface area (Å²) in [4.78, 5) is 38.9. The fourth-order valence-electron chi connectivity index (χ4n) is 3.26. The SMILES string of the molecule is O=C(Cn1nc2n(c1=O)CCN(Cc1cccc(F)c1)C2=O)Nc1ccccc1F. The summed E-state index contributed by atoms with van der Waals surface area (Å²) in [5.74, 6) is -2.25. The van der Waals surface area contributed by atoms with Crippen molar-refractivity contribution in [1.29, 1.82) is 0 Å². The Balaban J connectivity index is 1.50. The second-order valence-corrected chi connectivity index (χ2v) is 6.80. The van der Waals surface area contributed by atoms with Crippen molar-refractivity contribution in [2.45, 2.75) is 19.6 Å². The van der Waals surface area contributed by atoms with Gasteiger partial charge in [0, 0.05) is 19.6 Å². The van der Waals surface area contributed by atoms with E-state index in [1.54, 1.807) is 18.2 Å². The van der Waals surface area contributed by atoms with Gasteiger partial charge in [-0.3, -0.25) is 14.2 Å². The Kier molecular flexibility index (Phi) is 5.13. The van der Waals surface area contributed by atoms with Crippen LogP contribution in [0.5, 0.6) is 0 Å². The van der Waals surface area contributed by atoms with Crippen LogP contribution in [0.25, 0.3) is 0 Å². The molecule has 0 aliphatic carbocycles. The summed E-state index contributed by atoms with van der Waals surface area (Å²) in [6, 6.07) is 11.5. The number of amides is 2. The van der Waals surface area contributed by atoms with Crippen molar-refractivity contribution < 1.29 is 18.4 Å². The number of aromatic nitrogens is 3. The van der Waals surface area contributed by atoms with Gasteiger partial charge < -0.3 is 10.2 Å². The predicted octanol–water partition coefficient (Wildman–Crippen LogP) is 1.62. The molecule has 0 bridgehead atoms. The van der Waals surface area contributed by atoms with Crippen LogP contribution in [-0.2, 0) is 24.4 Å². The molecule has 10 heteroatoms. The van der Waals surface area contributed by atoms with Gasteiger partial charge in [-0.25, -0.2) is 18.3 Å². The third-order valence-electron chi connectivity index (χ3n) is 4.70. The lowest BCUT2D eigenvalue weighted by Crippen LogP contribution is -2.42. The summed E-state index contributed by atoms with van der Waals surface area (Å²) < 4.78 is 29.1. The Morgan fingerprint density at radius 2 is 1.87 bits per heavy atom. The molecule has 30 heavy (non-hydrogen) atoms. The second-order valence-electron chi connectivity index (χ2n) is 6.80. The summed E-state index contributed by atoms with van der Waals surface area (Å²) in [5, 5.41) is 6.36. The number of hydrogen-bond donors (Lipinski definition) is 1. The standard InChI is InChI=1S/C20H17F2N5O3/c21-14-5-3-4-13(10-14)11-25-8-9-26-18(19(25)29)24-27(20(26)30)12-17(28)23-16-7-2-1-6-15(16)22/h1-7,10H,8-9,11-12H2,(H,23,28). The van der Waals surface area contributed by atoms with Crippen LogP contribution >= 0.6 is 0 Å². The van der Waals surface area contributed by atoms with E-state index >= 15 is 0 Å². The molecule has 0 spiro atoms. The molecule has 2 heterocycles. The van der Waals surface area contributed by atoms with Crippen LogP contribution in [0.2, 0.25) is 0 Å². The smallest absolute Gasteiger partial charge is 0.330 e. The molecule has 1 aliphatic rings. The van der Waals surface area contributed by atoms with Crippen molar-refractivity contribution >= 4 is 17.5 Å². The van der Waals surface area contributed by atoms with E-state index in [0.29, 0.717) is 5.56 Å². The molecule has 0 radical (unpaired) electrons. The summed E-state index contributed by atoms with van der Waals surface area (Å²) in [6.45, 7) is 0.148. The molecule has 2 aromatic carbocycles. The van der Waals surface area contributed by atoms with Gasteiger partial charge in [-0.1, -0.05) is 24.3 Å². The van der Waals surface area contributed by atoms with Crippen LogP contribution in [0.3, 0.4) is 0 Å². The van der Waals surface area contributed by atoms with E-state index in [4.69, 9.17) is 0 Å². The zero-order chi connectivity index (χ0) is 21.3. The Bertz CT molecular complexity index is 1190. The average Bonchev–Trinajstić information content (AvgIpc) is 3.02. The highest BCUT2D eigenvalue weighted by Crippen LogP contribution is 2.14. The zero-order valence-corrected chi connectivity index (χ0v) is 15.7. The first kappa shape index (κ1) is 19.5. The number of benzene rings is 2. The van der Waals surface area contributed by atoms with Crippen molar-refractivity contribution in [3.05, 3.63) is 82.0 Å². The van der Waals surface area contributed by atoms with Gasteiger partial charge in [0.05, 0.1) is 5.69 Å². The molecule has 0 unspecified atom stereocenters. The monoisotopic (exact) mass is 413 g/mol. The van der Waals surface area contributed by atoms with Gasteiger partial charge in [0.1, 0.15) is 18.2 Å². The van der Waals surface area contributed by atoms with E-state index in [-0.39, 0.29) is 31.1 Å². The number of rotatable bonds is 5. The molecule has 0 saturated heterocycles. The van der Waals surface area contributed by atoms with Crippen molar-refractivity contribution in [2.75, 3.05) is 11.9 Å². The highest BCUT2D eigenvalue weighted by atomic mass is 19.1. The van der Waals surface area contributed by atoms with Gasteiger partial charge in [0.2, 0.25) is 11.7 Å². The minimum Gasteiger partial charge on any atom is -0.330 e. The lowest BCUT2D eigenvalue weighted by Gasteiger charge is -2.26. The lowest BCUT2D eigenvalue weighted by molar-refractivity contribution is -0.117. The van der Waals surface area contributed by atoms with Crippen LogP contribution in [0, 0.1) is 11.6 Å². The van der Waals surface area contributed by atoms with Crippen molar-refractivity contribution in [3.8, 4) is 0 Å². The quantitative estimate of drug-likeness (QED) is 0.689. The molecule has 4 rings (SSSR count). The Labute approximate surface area is 169 Å². The number of para-hydroxylation sites is 1. The number of carbonyl (C=O) groups is 2. The van der Waals surface area contributed by atoms with Crippen LogP contribution in [0.15, 0.2) is 53.3 Å². The summed E-state index contributed by atoms with van der Waals surface area (Å²) in [7, 11) is 0. The minimum atomic E-state index is -0.651. The van der Waals surface area contributed by atoms with E-state index in [0.717, 1.165) is 4.68 Å². The fourth-order valence-corrected chi connectivity index (χ4v) is 3.26. The first-order valence-corrected chi connectivity index (χ1v) is 9.18. The molecule has 1 aromatic heterocycles. The maximum Gasteiger partial charge on any atom is 0.346 e. The van der Waals surface area contributed by atoms with E-state index < -0.39 is 35.7 Å². The number of anilines is 1. The van der Waals surface area contributed by atoms with Gasteiger partial charge in [0.15, 0.2) is 0 Å². The van der Waals surface area contributed by atoms with E-state index in [1.807, 2.05) is 0 Å². The third kappa shape index (κ3) is 3.84. The average molecular weight is 413 g/mol. The molecule has 2 amide bonds. The van der Waals surface area contributed by atoms with E-state index in [9.17, 15) is 23.2 Å². The van der Waals surface area contributed by atoms with Crippen LogP contribution in [0.4, 0.5) is 14.5 Å². The Morgan fingerprint density at radius 3 is 2.63 bits per heavy atom. The molecule has 3 aromatic rings. The number of fused-ring (bicyclic) bond motifs is 1. The molecular formula is C20H17F2N5O3. The summed E-state index contributed by atoms with van der Waals surface area (Å²) >= 11 is 0. The lowest BCUT2D eigenvalue weighted by atomic mass is 10.2. The van der Waals surface area contributed by atoms with Gasteiger partial charge in [-0.05, 0) is 29.8 Å². The van der Waals surface area contributed by atoms with Crippen LogP contribution in [-0.4, -0.2) is 37.6 Å². The van der Waals surface area contributed by atoms with Crippen LogP contribution < -0.4 is 11.0 Å². The van der Waals surface area contributed by atoms with Gasteiger partial charge in [-0.2, -0.15) is 0 Å². The van der Waals surface area contributed by atoms with Crippen molar-refractivity contribution in [3.63, 3.8) is 0 Å². The fraction of sp³-hybridized carbons (Fsp3) is 0.200. The van der Waals surface area contributed by atoms with Gasteiger partial charge in [-0.15, -0.1) is 5.10 Å². The van der Waals surface area contributed by atoms with E-state index in [2.05, 4.69) is 10.4 Å². The van der Waals surface area contributed by atoms with Gasteiger partial charge >= 0.3 is 5.69 Å². The molecule has 0 atom stereocenters. The highest BCUT2D eigenvalue weighted by Gasteiger charge is 2.30. The number of hydrogen-bond acceptors (Lipinski definition) is 4. The Hall–Kier alpha value is -3.82. The Morgan fingerprint density at radius 1 is 1.07 bits per heavy atom. The predicted molar refractivity (Wildman–Crippen MR) is 103 cm³/mol. The number of nitrogens with one attached hydrogen (secondary N) is 1. The van der Waals surface area contributed by atoms with Crippen LogP contribution in [0.1, 0.15) is 16.2 Å². The zero-order valence-electron chi connectivity index (χ0n) is 15.7. The topological polar surface area (TPSA) is 89.2 Å². The number of nitrogens with zero attached hydrogens (tertiary/aromatic N) is 4. The number of halogens is 2. The first-order valence-electron chi connectivity index (χ1n) is 9.18. The number of carbonyl (C=O) groups excluding carboxylic acids is 2.